The van der Waals surface area contributed by atoms with Crippen LogP contribution in [0, 0.1) is 0 Å². The second-order valence-corrected chi connectivity index (χ2v) is 5.38. The molecule has 0 unspecified atom stereocenters. The molecule has 0 spiro atoms. The van der Waals surface area contributed by atoms with Crippen LogP contribution < -0.4 is 19.5 Å². The highest BCUT2D eigenvalue weighted by atomic mass is 16.5. The number of nitrogens with one attached hydrogen (secondary N) is 1. The minimum absolute atomic E-state index is 0.187. The van der Waals surface area contributed by atoms with Crippen molar-refractivity contribution in [1.82, 2.24) is 5.32 Å². The molecule has 2 rings (SSSR count). The number of amides is 1. The second-order valence-electron chi connectivity index (χ2n) is 5.38. The predicted molar refractivity (Wildman–Crippen MR) is 98.1 cm³/mol. The molecule has 0 aliphatic heterocycles. The summed E-state index contributed by atoms with van der Waals surface area (Å²) in [6.07, 6.45) is 3.15. The van der Waals surface area contributed by atoms with E-state index in [-0.39, 0.29) is 11.9 Å². The maximum absolute atomic E-state index is 12.3. The van der Waals surface area contributed by atoms with Gasteiger partial charge in [0, 0.05) is 11.6 Å². The third-order valence-corrected chi connectivity index (χ3v) is 3.83. The SMILES string of the molecule is COc1ccccc1[C@@H](C)NC(=O)/C=C/c1c(OC)cccc1OC. The molecule has 0 saturated carbocycles. The lowest BCUT2D eigenvalue weighted by Crippen LogP contribution is -2.25. The van der Waals surface area contributed by atoms with Crippen molar-refractivity contribution in [3.8, 4) is 17.2 Å². The summed E-state index contributed by atoms with van der Waals surface area (Å²) in [6, 6.07) is 12.9. The van der Waals surface area contributed by atoms with Crippen molar-refractivity contribution in [2.24, 2.45) is 0 Å². The van der Waals surface area contributed by atoms with Gasteiger partial charge in [0.2, 0.25) is 5.91 Å². The number of carbonyl (C=O) groups is 1. The Morgan fingerprint density at radius 2 is 1.48 bits per heavy atom. The van der Waals surface area contributed by atoms with Crippen molar-refractivity contribution in [2.75, 3.05) is 21.3 Å². The van der Waals surface area contributed by atoms with Gasteiger partial charge >= 0.3 is 0 Å². The zero-order chi connectivity index (χ0) is 18.2. The standard InChI is InChI=1S/C20H23NO4/c1-14(15-8-5-6-9-17(15)23-2)21-20(22)13-12-16-18(24-3)10-7-11-19(16)25-4/h5-14H,1-4H3,(H,21,22)/b13-12+/t14-/m1/s1. The first-order valence-electron chi connectivity index (χ1n) is 7.93. The van der Waals surface area contributed by atoms with E-state index in [0.717, 1.165) is 11.3 Å². The average Bonchev–Trinajstić information content (AvgIpc) is 2.65. The Balaban J connectivity index is 2.14. The third-order valence-electron chi connectivity index (χ3n) is 3.83. The Labute approximate surface area is 148 Å². The number of rotatable bonds is 7. The molecular weight excluding hydrogens is 318 g/mol. The Morgan fingerprint density at radius 3 is 2.08 bits per heavy atom. The fourth-order valence-electron chi connectivity index (χ4n) is 2.57. The highest BCUT2D eigenvalue weighted by Gasteiger charge is 2.13. The molecule has 2 aromatic rings. The smallest absolute Gasteiger partial charge is 0.244 e. The molecule has 0 saturated heterocycles. The first kappa shape index (κ1) is 18.4. The summed E-state index contributed by atoms with van der Waals surface area (Å²) < 4.78 is 16.0. The van der Waals surface area contributed by atoms with Gasteiger partial charge in [0.1, 0.15) is 17.2 Å². The molecule has 0 radical (unpaired) electrons. The van der Waals surface area contributed by atoms with Gasteiger partial charge in [-0.1, -0.05) is 24.3 Å². The molecular formula is C20H23NO4. The molecule has 0 aliphatic carbocycles. The van der Waals surface area contributed by atoms with Crippen molar-refractivity contribution >= 4 is 12.0 Å². The molecule has 2 aromatic carbocycles. The first-order valence-corrected chi connectivity index (χ1v) is 7.93. The minimum atomic E-state index is -0.216. The van der Waals surface area contributed by atoms with Crippen LogP contribution in [0.25, 0.3) is 6.08 Å². The number of hydrogen-bond acceptors (Lipinski definition) is 4. The number of hydrogen-bond donors (Lipinski definition) is 1. The fourth-order valence-corrected chi connectivity index (χ4v) is 2.57. The van der Waals surface area contributed by atoms with Crippen LogP contribution in [0.4, 0.5) is 0 Å². The Bertz CT molecular complexity index is 733. The lowest BCUT2D eigenvalue weighted by molar-refractivity contribution is -0.117. The number of para-hydroxylation sites is 1. The highest BCUT2D eigenvalue weighted by Crippen LogP contribution is 2.29. The van der Waals surface area contributed by atoms with Crippen molar-refractivity contribution in [1.29, 1.82) is 0 Å². The number of methoxy groups -OCH3 is 3. The molecule has 1 atom stereocenters. The van der Waals surface area contributed by atoms with E-state index in [9.17, 15) is 4.79 Å². The van der Waals surface area contributed by atoms with Crippen LogP contribution in [0.5, 0.6) is 17.2 Å². The van der Waals surface area contributed by atoms with Crippen molar-refractivity contribution in [2.45, 2.75) is 13.0 Å². The summed E-state index contributed by atoms with van der Waals surface area (Å²) in [5.41, 5.74) is 1.63. The number of carbonyl (C=O) groups excluding carboxylic acids is 1. The van der Waals surface area contributed by atoms with Crippen LogP contribution in [0.15, 0.2) is 48.5 Å². The van der Waals surface area contributed by atoms with Crippen molar-refractivity contribution < 1.29 is 19.0 Å². The van der Waals surface area contributed by atoms with E-state index >= 15 is 0 Å². The monoisotopic (exact) mass is 341 g/mol. The van der Waals surface area contributed by atoms with Gasteiger partial charge in [-0.25, -0.2) is 0 Å². The quantitative estimate of drug-likeness (QED) is 0.782. The van der Waals surface area contributed by atoms with Crippen LogP contribution in [-0.2, 0) is 4.79 Å². The van der Waals surface area contributed by atoms with Gasteiger partial charge in [0.05, 0.1) is 32.9 Å². The van der Waals surface area contributed by atoms with Gasteiger partial charge in [0.15, 0.2) is 0 Å². The number of ether oxygens (including phenoxy) is 3. The van der Waals surface area contributed by atoms with E-state index in [1.54, 1.807) is 27.4 Å². The predicted octanol–water partition coefficient (Wildman–Crippen LogP) is 3.60. The topological polar surface area (TPSA) is 56.8 Å². The minimum Gasteiger partial charge on any atom is -0.496 e. The van der Waals surface area contributed by atoms with E-state index in [0.29, 0.717) is 17.1 Å². The maximum atomic E-state index is 12.3. The van der Waals surface area contributed by atoms with Gasteiger partial charge in [0.25, 0.3) is 0 Å². The lowest BCUT2D eigenvalue weighted by atomic mass is 10.1. The van der Waals surface area contributed by atoms with Gasteiger partial charge in [-0.05, 0) is 31.2 Å². The Kier molecular flexibility index (Phi) is 6.46. The summed E-state index contributed by atoms with van der Waals surface area (Å²) >= 11 is 0. The Hall–Kier alpha value is -2.95. The molecule has 5 nitrogen and oxygen atoms in total. The van der Waals surface area contributed by atoms with Crippen LogP contribution >= 0.6 is 0 Å². The molecule has 25 heavy (non-hydrogen) atoms. The fraction of sp³-hybridized carbons (Fsp3) is 0.250. The normalized spacial score (nSPS) is 11.8. The molecule has 1 amide bonds. The zero-order valence-corrected chi connectivity index (χ0v) is 14.9. The molecule has 132 valence electrons. The van der Waals surface area contributed by atoms with E-state index in [1.165, 1.54) is 6.08 Å². The molecule has 0 heterocycles. The van der Waals surface area contributed by atoms with E-state index in [1.807, 2.05) is 49.4 Å². The maximum Gasteiger partial charge on any atom is 0.244 e. The van der Waals surface area contributed by atoms with E-state index < -0.39 is 0 Å². The summed E-state index contributed by atoms with van der Waals surface area (Å²) in [7, 11) is 4.77. The van der Waals surface area contributed by atoms with E-state index in [4.69, 9.17) is 14.2 Å². The first-order chi connectivity index (χ1) is 12.1. The third kappa shape index (κ3) is 4.53. The molecule has 0 aliphatic rings. The summed E-state index contributed by atoms with van der Waals surface area (Å²) in [5, 5.41) is 2.93. The van der Waals surface area contributed by atoms with Crippen molar-refractivity contribution in [3.63, 3.8) is 0 Å². The largest absolute Gasteiger partial charge is 0.496 e. The average molecular weight is 341 g/mol. The van der Waals surface area contributed by atoms with Gasteiger partial charge < -0.3 is 19.5 Å². The van der Waals surface area contributed by atoms with Crippen molar-refractivity contribution in [3.05, 3.63) is 59.7 Å². The molecule has 1 N–H and O–H groups in total. The van der Waals surface area contributed by atoms with Crippen LogP contribution in [0.2, 0.25) is 0 Å². The van der Waals surface area contributed by atoms with Crippen LogP contribution in [0.3, 0.4) is 0 Å². The van der Waals surface area contributed by atoms with Gasteiger partial charge in [-0.2, -0.15) is 0 Å². The second kappa shape index (κ2) is 8.78. The number of benzene rings is 2. The van der Waals surface area contributed by atoms with E-state index in [2.05, 4.69) is 5.32 Å². The molecule has 0 bridgehead atoms. The van der Waals surface area contributed by atoms with Crippen LogP contribution in [-0.4, -0.2) is 27.2 Å². The van der Waals surface area contributed by atoms with Crippen LogP contribution in [0.1, 0.15) is 24.1 Å². The summed E-state index contributed by atoms with van der Waals surface area (Å²) in [4.78, 5) is 12.3. The summed E-state index contributed by atoms with van der Waals surface area (Å²) in [6.45, 7) is 1.91. The molecule has 0 fully saturated rings. The Morgan fingerprint density at radius 1 is 0.920 bits per heavy atom. The zero-order valence-electron chi connectivity index (χ0n) is 14.9. The summed E-state index contributed by atoms with van der Waals surface area (Å²) in [5.74, 6) is 1.80. The lowest BCUT2D eigenvalue weighted by Gasteiger charge is -2.16. The van der Waals surface area contributed by atoms with Gasteiger partial charge in [-0.15, -0.1) is 0 Å². The molecule has 0 aromatic heterocycles. The molecule has 5 heteroatoms. The highest BCUT2D eigenvalue weighted by molar-refractivity contribution is 5.93. The van der Waals surface area contributed by atoms with Gasteiger partial charge in [-0.3, -0.25) is 4.79 Å².